The van der Waals surface area contributed by atoms with E-state index in [4.69, 9.17) is 9.47 Å². The van der Waals surface area contributed by atoms with Crippen molar-refractivity contribution in [3.05, 3.63) is 53.3 Å². The monoisotopic (exact) mass is 270 g/mol. The number of pyridine rings is 1. The number of hydrogen-bond donors (Lipinski definition) is 1. The van der Waals surface area contributed by atoms with Crippen LogP contribution in [0.2, 0.25) is 0 Å². The lowest BCUT2D eigenvalue weighted by Crippen LogP contribution is -2.29. The molecular weight excluding hydrogens is 252 g/mol. The van der Waals surface area contributed by atoms with Crippen LogP contribution < -0.4 is 14.8 Å². The summed E-state index contributed by atoms with van der Waals surface area (Å²) in [6.07, 6.45) is 1.84. The molecular formula is C16H18N2O2. The van der Waals surface area contributed by atoms with E-state index in [1.165, 1.54) is 11.1 Å². The highest BCUT2D eigenvalue weighted by molar-refractivity contribution is 5.47. The second-order valence-corrected chi connectivity index (χ2v) is 4.84. The van der Waals surface area contributed by atoms with Gasteiger partial charge in [0.25, 0.3) is 0 Å². The molecule has 0 aliphatic carbocycles. The van der Waals surface area contributed by atoms with Gasteiger partial charge >= 0.3 is 0 Å². The molecule has 2 aromatic rings. The van der Waals surface area contributed by atoms with Crippen LogP contribution in [0.25, 0.3) is 0 Å². The van der Waals surface area contributed by atoms with Crippen LogP contribution in [-0.4, -0.2) is 25.7 Å². The van der Waals surface area contributed by atoms with Gasteiger partial charge in [-0.25, -0.2) is 0 Å². The van der Waals surface area contributed by atoms with E-state index in [1.807, 2.05) is 24.4 Å². The molecule has 0 spiro atoms. The number of methoxy groups -OCH3 is 2. The lowest BCUT2D eigenvalue weighted by Gasteiger charge is -2.26. The summed E-state index contributed by atoms with van der Waals surface area (Å²) in [4.78, 5) is 4.45. The minimum absolute atomic E-state index is 0.298. The van der Waals surface area contributed by atoms with Crippen molar-refractivity contribution in [3.8, 4) is 11.5 Å². The third-order valence-corrected chi connectivity index (χ3v) is 3.75. The first kappa shape index (κ1) is 12.9. The van der Waals surface area contributed by atoms with Gasteiger partial charge in [0.2, 0.25) is 0 Å². The lowest BCUT2D eigenvalue weighted by atomic mass is 9.87. The standard InChI is InChI=1S/C16H18N2O2/c1-19-15-6-5-11(8-16(15)20-2)13-9-17-10-14-12(13)4-3-7-18-14/h3-8,13,17H,9-10H2,1-2H3. The van der Waals surface area contributed by atoms with Gasteiger partial charge in [-0.15, -0.1) is 0 Å². The SMILES string of the molecule is COc1ccc(C2CNCc3ncccc32)cc1OC. The zero-order chi connectivity index (χ0) is 13.9. The average molecular weight is 270 g/mol. The Labute approximate surface area is 118 Å². The topological polar surface area (TPSA) is 43.4 Å². The Hall–Kier alpha value is -2.07. The third-order valence-electron chi connectivity index (χ3n) is 3.75. The van der Waals surface area contributed by atoms with Crippen LogP contribution in [0.3, 0.4) is 0 Å². The molecule has 0 bridgehead atoms. The maximum Gasteiger partial charge on any atom is 0.161 e. The van der Waals surface area contributed by atoms with E-state index in [0.717, 1.165) is 30.3 Å². The van der Waals surface area contributed by atoms with Gasteiger partial charge in [-0.3, -0.25) is 4.98 Å². The second-order valence-electron chi connectivity index (χ2n) is 4.84. The molecule has 1 N–H and O–H groups in total. The highest BCUT2D eigenvalue weighted by Crippen LogP contribution is 2.34. The van der Waals surface area contributed by atoms with Crippen LogP contribution in [0.15, 0.2) is 36.5 Å². The molecule has 0 amide bonds. The molecule has 1 aliphatic heterocycles. The molecule has 0 saturated heterocycles. The first-order valence-corrected chi connectivity index (χ1v) is 6.70. The van der Waals surface area contributed by atoms with Gasteiger partial charge in [-0.1, -0.05) is 12.1 Å². The Bertz CT molecular complexity index is 613. The Morgan fingerprint density at radius 1 is 1.15 bits per heavy atom. The Balaban J connectivity index is 2.02. The summed E-state index contributed by atoms with van der Waals surface area (Å²) in [6, 6.07) is 10.3. The van der Waals surface area contributed by atoms with Crippen molar-refractivity contribution in [1.82, 2.24) is 10.3 Å². The van der Waals surface area contributed by atoms with E-state index in [9.17, 15) is 0 Å². The molecule has 1 aromatic carbocycles. The Morgan fingerprint density at radius 2 is 2.00 bits per heavy atom. The van der Waals surface area contributed by atoms with Crippen LogP contribution in [-0.2, 0) is 6.54 Å². The number of ether oxygens (including phenoxy) is 2. The molecule has 4 nitrogen and oxygen atoms in total. The maximum atomic E-state index is 5.39. The number of nitrogens with one attached hydrogen (secondary N) is 1. The normalized spacial score (nSPS) is 17.4. The first-order valence-electron chi connectivity index (χ1n) is 6.70. The number of rotatable bonds is 3. The minimum atomic E-state index is 0.298. The quantitative estimate of drug-likeness (QED) is 0.929. The fourth-order valence-corrected chi connectivity index (χ4v) is 2.73. The van der Waals surface area contributed by atoms with Crippen molar-refractivity contribution in [2.45, 2.75) is 12.5 Å². The van der Waals surface area contributed by atoms with Crippen molar-refractivity contribution in [2.24, 2.45) is 0 Å². The minimum Gasteiger partial charge on any atom is -0.493 e. The van der Waals surface area contributed by atoms with Gasteiger partial charge in [-0.05, 0) is 29.3 Å². The molecule has 1 aromatic heterocycles. The van der Waals surface area contributed by atoms with Crippen molar-refractivity contribution in [2.75, 3.05) is 20.8 Å². The van der Waals surface area contributed by atoms with Gasteiger partial charge in [0, 0.05) is 25.2 Å². The van der Waals surface area contributed by atoms with Crippen molar-refractivity contribution >= 4 is 0 Å². The molecule has 1 unspecified atom stereocenters. The molecule has 0 radical (unpaired) electrons. The summed E-state index contributed by atoms with van der Waals surface area (Å²) in [5, 5.41) is 3.42. The number of nitrogens with zero attached hydrogens (tertiary/aromatic N) is 1. The zero-order valence-electron chi connectivity index (χ0n) is 11.7. The highest BCUT2D eigenvalue weighted by Gasteiger charge is 2.23. The Kier molecular flexibility index (Phi) is 3.56. The predicted octanol–water partition coefficient (Wildman–Crippen LogP) is 2.33. The zero-order valence-corrected chi connectivity index (χ0v) is 11.7. The molecule has 4 heteroatoms. The summed E-state index contributed by atoms with van der Waals surface area (Å²) < 4.78 is 10.7. The van der Waals surface area contributed by atoms with Crippen LogP contribution in [0.5, 0.6) is 11.5 Å². The highest BCUT2D eigenvalue weighted by atomic mass is 16.5. The fourth-order valence-electron chi connectivity index (χ4n) is 2.73. The molecule has 20 heavy (non-hydrogen) atoms. The fraction of sp³-hybridized carbons (Fsp3) is 0.312. The summed E-state index contributed by atoms with van der Waals surface area (Å²) in [5.41, 5.74) is 3.63. The van der Waals surface area contributed by atoms with E-state index in [-0.39, 0.29) is 0 Å². The third kappa shape index (κ3) is 2.23. The molecule has 0 saturated carbocycles. The van der Waals surface area contributed by atoms with Gasteiger partial charge in [-0.2, -0.15) is 0 Å². The van der Waals surface area contributed by atoms with Crippen molar-refractivity contribution in [1.29, 1.82) is 0 Å². The van der Waals surface area contributed by atoms with E-state index in [2.05, 4.69) is 22.4 Å². The summed E-state index contributed by atoms with van der Waals surface area (Å²) in [5.74, 6) is 1.82. The lowest BCUT2D eigenvalue weighted by molar-refractivity contribution is 0.354. The summed E-state index contributed by atoms with van der Waals surface area (Å²) >= 11 is 0. The molecule has 2 heterocycles. The van der Waals surface area contributed by atoms with Crippen LogP contribution in [0.1, 0.15) is 22.7 Å². The number of hydrogen-bond acceptors (Lipinski definition) is 4. The van der Waals surface area contributed by atoms with Gasteiger partial charge in [0.1, 0.15) is 0 Å². The molecule has 0 fully saturated rings. The molecule has 104 valence electrons. The molecule has 1 atom stereocenters. The average Bonchev–Trinajstić information content (AvgIpc) is 2.53. The predicted molar refractivity (Wildman–Crippen MR) is 77.3 cm³/mol. The van der Waals surface area contributed by atoms with Crippen LogP contribution >= 0.6 is 0 Å². The van der Waals surface area contributed by atoms with E-state index >= 15 is 0 Å². The smallest absolute Gasteiger partial charge is 0.161 e. The summed E-state index contributed by atoms with van der Waals surface area (Å²) in [7, 11) is 3.31. The molecule has 3 rings (SSSR count). The Morgan fingerprint density at radius 3 is 2.80 bits per heavy atom. The van der Waals surface area contributed by atoms with Crippen molar-refractivity contribution in [3.63, 3.8) is 0 Å². The van der Waals surface area contributed by atoms with E-state index < -0.39 is 0 Å². The number of benzene rings is 1. The maximum absolute atomic E-state index is 5.39. The molecule has 1 aliphatic rings. The van der Waals surface area contributed by atoms with Gasteiger partial charge < -0.3 is 14.8 Å². The second kappa shape index (κ2) is 5.51. The number of fused-ring (bicyclic) bond motifs is 1. The summed E-state index contributed by atoms with van der Waals surface area (Å²) in [6.45, 7) is 1.74. The first-order chi connectivity index (χ1) is 9.83. The van der Waals surface area contributed by atoms with Gasteiger partial charge in [0.15, 0.2) is 11.5 Å². The largest absolute Gasteiger partial charge is 0.493 e. The van der Waals surface area contributed by atoms with Crippen molar-refractivity contribution < 1.29 is 9.47 Å². The van der Waals surface area contributed by atoms with Crippen LogP contribution in [0, 0.1) is 0 Å². The number of aromatic nitrogens is 1. The van der Waals surface area contributed by atoms with Crippen LogP contribution in [0.4, 0.5) is 0 Å². The van der Waals surface area contributed by atoms with E-state index in [0.29, 0.717) is 5.92 Å². The van der Waals surface area contributed by atoms with Gasteiger partial charge in [0.05, 0.1) is 19.9 Å². The van der Waals surface area contributed by atoms with E-state index in [1.54, 1.807) is 14.2 Å².